The number of carbonyl (C=O) groups excluding carboxylic acids is 2. The average molecular weight is 397 g/mol. The number of benzene rings is 2. The van der Waals surface area contributed by atoms with E-state index in [9.17, 15) is 14.0 Å². The number of carbonyl (C=O) groups is 2. The standard InChI is InChI=1S/C22H24FN3O3/c23-18-6-8-19(9-7-18)24-10-12-25(13-11-24)22(28)20-15-29-16-21(27)26(20)14-17-4-2-1-3-5-17/h1-9,20H,10-16H2. The molecule has 2 aromatic rings. The van der Waals surface area contributed by atoms with Crippen LogP contribution in [0.1, 0.15) is 5.56 Å². The maximum Gasteiger partial charge on any atom is 0.249 e. The summed E-state index contributed by atoms with van der Waals surface area (Å²) < 4.78 is 18.5. The molecule has 0 spiro atoms. The molecule has 6 nitrogen and oxygen atoms in total. The van der Waals surface area contributed by atoms with Crippen LogP contribution in [0.5, 0.6) is 0 Å². The zero-order chi connectivity index (χ0) is 20.2. The Kier molecular flexibility index (Phi) is 5.76. The first-order chi connectivity index (χ1) is 14.1. The molecule has 2 amide bonds. The maximum atomic E-state index is 13.2. The van der Waals surface area contributed by atoms with Gasteiger partial charge in [-0.15, -0.1) is 0 Å². The van der Waals surface area contributed by atoms with Gasteiger partial charge >= 0.3 is 0 Å². The number of hydrogen-bond acceptors (Lipinski definition) is 4. The van der Waals surface area contributed by atoms with E-state index in [-0.39, 0.29) is 30.8 Å². The Morgan fingerprint density at radius 3 is 2.38 bits per heavy atom. The highest BCUT2D eigenvalue weighted by Crippen LogP contribution is 2.20. The summed E-state index contributed by atoms with van der Waals surface area (Å²) in [5.74, 6) is -0.501. The molecule has 2 aliphatic heterocycles. The highest BCUT2D eigenvalue weighted by molar-refractivity contribution is 5.89. The molecule has 0 bridgehead atoms. The molecule has 4 rings (SSSR count). The van der Waals surface area contributed by atoms with Gasteiger partial charge in [0.25, 0.3) is 0 Å². The third-order valence-corrected chi connectivity index (χ3v) is 5.46. The highest BCUT2D eigenvalue weighted by Gasteiger charge is 2.37. The van der Waals surface area contributed by atoms with Crippen molar-refractivity contribution < 1.29 is 18.7 Å². The van der Waals surface area contributed by atoms with Gasteiger partial charge < -0.3 is 19.4 Å². The molecule has 0 N–H and O–H groups in total. The number of ether oxygens (including phenoxy) is 1. The lowest BCUT2D eigenvalue weighted by atomic mass is 10.1. The van der Waals surface area contributed by atoms with Gasteiger partial charge in [-0.05, 0) is 29.8 Å². The fraction of sp³-hybridized carbons (Fsp3) is 0.364. The van der Waals surface area contributed by atoms with E-state index in [2.05, 4.69) is 4.90 Å². The van der Waals surface area contributed by atoms with Crippen molar-refractivity contribution in [1.82, 2.24) is 9.80 Å². The van der Waals surface area contributed by atoms with E-state index in [1.54, 1.807) is 21.9 Å². The summed E-state index contributed by atoms with van der Waals surface area (Å²) in [6, 6.07) is 15.5. The summed E-state index contributed by atoms with van der Waals surface area (Å²) >= 11 is 0. The van der Waals surface area contributed by atoms with Crippen LogP contribution < -0.4 is 4.90 Å². The van der Waals surface area contributed by atoms with Crippen LogP contribution in [0.15, 0.2) is 54.6 Å². The number of halogens is 1. The molecule has 1 unspecified atom stereocenters. The molecule has 0 radical (unpaired) electrons. The molecular formula is C22H24FN3O3. The van der Waals surface area contributed by atoms with E-state index in [0.717, 1.165) is 11.3 Å². The number of anilines is 1. The second-order valence-electron chi connectivity index (χ2n) is 7.33. The Morgan fingerprint density at radius 1 is 1.00 bits per heavy atom. The summed E-state index contributed by atoms with van der Waals surface area (Å²) in [7, 11) is 0. The van der Waals surface area contributed by atoms with Crippen LogP contribution in [-0.2, 0) is 20.9 Å². The van der Waals surface area contributed by atoms with Gasteiger partial charge in [0, 0.05) is 38.4 Å². The molecular weight excluding hydrogens is 373 g/mol. The number of morpholine rings is 1. The number of amides is 2. The average Bonchev–Trinajstić information content (AvgIpc) is 2.76. The van der Waals surface area contributed by atoms with Crippen molar-refractivity contribution in [2.75, 3.05) is 44.3 Å². The van der Waals surface area contributed by atoms with Gasteiger partial charge in [-0.2, -0.15) is 0 Å². The van der Waals surface area contributed by atoms with Crippen LogP contribution in [0.25, 0.3) is 0 Å². The summed E-state index contributed by atoms with van der Waals surface area (Å²) in [4.78, 5) is 31.2. The van der Waals surface area contributed by atoms with Crippen molar-refractivity contribution in [1.29, 1.82) is 0 Å². The molecule has 0 aliphatic carbocycles. The van der Waals surface area contributed by atoms with Crippen LogP contribution >= 0.6 is 0 Å². The Bertz CT molecular complexity index is 851. The molecule has 0 aromatic heterocycles. The first-order valence-corrected chi connectivity index (χ1v) is 9.82. The van der Waals surface area contributed by atoms with Crippen molar-refractivity contribution in [3.05, 3.63) is 66.0 Å². The molecule has 2 saturated heterocycles. The second-order valence-corrected chi connectivity index (χ2v) is 7.33. The van der Waals surface area contributed by atoms with Crippen LogP contribution in [0, 0.1) is 5.82 Å². The molecule has 2 aliphatic rings. The summed E-state index contributed by atoms with van der Waals surface area (Å²) in [5, 5.41) is 0. The van der Waals surface area contributed by atoms with Crippen molar-refractivity contribution in [3.8, 4) is 0 Å². The van der Waals surface area contributed by atoms with E-state index < -0.39 is 6.04 Å². The largest absolute Gasteiger partial charge is 0.369 e. The number of rotatable bonds is 4. The summed E-state index contributed by atoms with van der Waals surface area (Å²) in [6.07, 6.45) is 0. The SMILES string of the molecule is O=C(C1COCC(=O)N1Cc1ccccc1)N1CCN(c2ccc(F)cc2)CC1. The third kappa shape index (κ3) is 4.40. The number of hydrogen-bond donors (Lipinski definition) is 0. The van der Waals surface area contributed by atoms with Gasteiger partial charge in [0.05, 0.1) is 6.61 Å². The summed E-state index contributed by atoms with van der Waals surface area (Å²) in [5.41, 5.74) is 1.93. The highest BCUT2D eigenvalue weighted by atomic mass is 19.1. The number of nitrogens with zero attached hydrogens (tertiary/aromatic N) is 3. The molecule has 29 heavy (non-hydrogen) atoms. The number of piperazine rings is 1. The van der Waals surface area contributed by atoms with Crippen LogP contribution in [0.4, 0.5) is 10.1 Å². The lowest BCUT2D eigenvalue weighted by molar-refractivity contribution is -0.160. The first kappa shape index (κ1) is 19.4. The normalized spacial score (nSPS) is 20.1. The van der Waals surface area contributed by atoms with Crippen molar-refractivity contribution in [2.45, 2.75) is 12.6 Å². The zero-order valence-corrected chi connectivity index (χ0v) is 16.2. The van der Waals surface area contributed by atoms with Gasteiger partial charge in [0.2, 0.25) is 11.8 Å². The Labute approximate surface area is 169 Å². The maximum absolute atomic E-state index is 13.2. The molecule has 152 valence electrons. The first-order valence-electron chi connectivity index (χ1n) is 9.82. The Morgan fingerprint density at radius 2 is 1.69 bits per heavy atom. The van der Waals surface area contributed by atoms with Crippen molar-refractivity contribution in [2.24, 2.45) is 0 Å². The van der Waals surface area contributed by atoms with E-state index in [0.29, 0.717) is 32.7 Å². The fourth-order valence-electron chi connectivity index (χ4n) is 3.84. The minimum atomic E-state index is -0.603. The molecule has 2 fully saturated rings. The van der Waals surface area contributed by atoms with E-state index in [4.69, 9.17) is 4.74 Å². The molecule has 2 heterocycles. The smallest absolute Gasteiger partial charge is 0.249 e. The van der Waals surface area contributed by atoms with E-state index in [1.807, 2.05) is 30.3 Å². The van der Waals surface area contributed by atoms with Gasteiger partial charge in [-0.3, -0.25) is 9.59 Å². The summed E-state index contributed by atoms with van der Waals surface area (Å²) in [6.45, 7) is 3.06. The van der Waals surface area contributed by atoms with E-state index in [1.165, 1.54) is 12.1 Å². The van der Waals surface area contributed by atoms with Crippen molar-refractivity contribution in [3.63, 3.8) is 0 Å². The molecule has 1 atom stereocenters. The molecule has 2 aromatic carbocycles. The molecule has 0 saturated carbocycles. The van der Waals surface area contributed by atoms with Gasteiger partial charge in [-0.25, -0.2) is 4.39 Å². The fourth-order valence-corrected chi connectivity index (χ4v) is 3.84. The quantitative estimate of drug-likeness (QED) is 0.791. The predicted octanol–water partition coefficient (Wildman–Crippen LogP) is 1.90. The van der Waals surface area contributed by atoms with Crippen LogP contribution in [-0.4, -0.2) is 67.0 Å². The lowest BCUT2D eigenvalue weighted by Crippen LogP contribution is -2.59. The predicted molar refractivity (Wildman–Crippen MR) is 107 cm³/mol. The van der Waals surface area contributed by atoms with Crippen LogP contribution in [0.2, 0.25) is 0 Å². The van der Waals surface area contributed by atoms with E-state index >= 15 is 0 Å². The van der Waals surface area contributed by atoms with Gasteiger partial charge in [-0.1, -0.05) is 30.3 Å². The van der Waals surface area contributed by atoms with Crippen LogP contribution in [0.3, 0.4) is 0 Å². The topological polar surface area (TPSA) is 53.1 Å². The van der Waals surface area contributed by atoms with Crippen molar-refractivity contribution >= 4 is 17.5 Å². The lowest BCUT2D eigenvalue weighted by Gasteiger charge is -2.41. The second kappa shape index (κ2) is 8.61. The minimum Gasteiger partial charge on any atom is -0.369 e. The monoisotopic (exact) mass is 397 g/mol. The Balaban J connectivity index is 1.41. The molecule has 7 heteroatoms. The Hall–Kier alpha value is -2.93. The van der Waals surface area contributed by atoms with Gasteiger partial charge in [0.15, 0.2) is 0 Å². The third-order valence-electron chi connectivity index (χ3n) is 5.46. The minimum absolute atomic E-state index is 0.00889. The van der Waals surface area contributed by atoms with Gasteiger partial charge in [0.1, 0.15) is 18.5 Å². The zero-order valence-electron chi connectivity index (χ0n) is 16.2.